The van der Waals surface area contributed by atoms with Crippen LogP contribution in [0.1, 0.15) is 12.8 Å². The number of ether oxygens (including phenoxy) is 1. The van der Waals surface area contributed by atoms with Gasteiger partial charge in [0, 0.05) is 30.9 Å². The molecule has 1 N–H and O–H groups in total. The Labute approximate surface area is 142 Å². The minimum absolute atomic E-state index is 0.370. The van der Waals surface area contributed by atoms with Crippen molar-refractivity contribution in [2.45, 2.75) is 18.9 Å². The predicted molar refractivity (Wildman–Crippen MR) is 85.9 cm³/mol. The van der Waals surface area contributed by atoms with Crippen LogP contribution in [0.5, 0.6) is 5.75 Å². The first-order chi connectivity index (χ1) is 12.0. The molecule has 0 amide bonds. The molecule has 1 aliphatic rings. The summed E-state index contributed by atoms with van der Waals surface area (Å²) in [5.74, 6) is -5.67. The zero-order chi connectivity index (χ0) is 18.0. The second-order valence-corrected chi connectivity index (χ2v) is 5.83. The molecule has 0 bridgehead atoms. The highest BCUT2D eigenvalue weighted by atomic mass is 19.2. The van der Waals surface area contributed by atoms with E-state index in [1.807, 2.05) is 29.2 Å². The van der Waals surface area contributed by atoms with Crippen molar-refractivity contribution < 1.29 is 22.3 Å². The Morgan fingerprint density at radius 3 is 2.56 bits per heavy atom. The quantitative estimate of drug-likeness (QED) is 0.670. The fourth-order valence-electron chi connectivity index (χ4n) is 2.95. The van der Waals surface area contributed by atoms with Gasteiger partial charge in [0.05, 0.1) is 7.11 Å². The summed E-state index contributed by atoms with van der Waals surface area (Å²) in [4.78, 5) is 4.58. The number of methoxy groups -OCH3 is 1. The zero-order valence-corrected chi connectivity index (χ0v) is 13.5. The van der Waals surface area contributed by atoms with Gasteiger partial charge >= 0.3 is 0 Å². The van der Waals surface area contributed by atoms with Crippen molar-refractivity contribution in [3.63, 3.8) is 0 Å². The Morgan fingerprint density at radius 1 is 1.16 bits per heavy atom. The van der Waals surface area contributed by atoms with Gasteiger partial charge in [-0.05, 0) is 25.0 Å². The highest BCUT2D eigenvalue weighted by Crippen LogP contribution is 2.28. The summed E-state index contributed by atoms with van der Waals surface area (Å²) in [7, 11) is 1.57. The number of aromatic nitrogens is 1. The molecule has 2 heterocycles. The first-order valence-corrected chi connectivity index (χ1v) is 7.85. The number of nitrogens with zero attached hydrogens (tertiary/aromatic N) is 2. The molecule has 3 rings (SSSR count). The van der Waals surface area contributed by atoms with Crippen LogP contribution in [0.15, 0.2) is 24.3 Å². The van der Waals surface area contributed by atoms with Crippen LogP contribution >= 0.6 is 0 Å². The molecule has 25 heavy (non-hydrogen) atoms. The second-order valence-electron chi connectivity index (χ2n) is 5.83. The molecule has 1 aliphatic heterocycles. The lowest BCUT2D eigenvalue weighted by Crippen LogP contribution is -2.42. The minimum atomic E-state index is -1.66. The van der Waals surface area contributed by atoms with Crippen molar-refractivity contribution in [1.82, 2.24) is 4.98 Å². The van der Waals surface area contributed by atoms with Crippen LogP contribution in [0, 0.1) is 23.5 Å². The number of rotatable bonds is 4. The van der Waals surface area contributed by atoms with Crippen LogP contribution in [0.4, 0.5) is 28.9 Å². The summed E-state index contributed by atoms with van der Waals surface area (Å²) in [6, 6.07) is 7.05. The average Bonchev–Trinajstić information content (AvgIpc) is 2.64. The Hall–Kier alpha value is -2.51. The smallest absolute Gasteiger partial charge is 0.253 e. The molecule has 2 aromatic rings. The third-order valence-electron chi connectivity index (χ3n) is 4.19. The van der Waals surface area contributed by atoms with E-state index in [1.165, 1.54) is 0 Å². The molecule has 134 valence electrons. The normalized spacial score (nSPS) is 17.5. The van der Waals surface area contributed by atoms with Gasteiger partial charge in [0.1, 0.15) is 11.4 Å². The van der Waals surface area contributed by atoms with E-state index in [1.54, 1.807) is 7.11 Å². The van der Waals surface area contributed by atoms with Crippen molar-refractivity contribution in [1.29, 1.82) is 0 Å². The first kappa shape index (κ1) is 17.3. The van der Waals surface area contributed by atoms with E-state index in [-0.39, 0.29) is 6.04 Å². The van der Waals surface area contributed by atoms with Crippen LogP contribution in [-0.2, 0) is 0 Å². The molecular weight excluding hydrogens is 338 g/mol. The van der Waals surface area contributed by atoms with Crippen molar-refractivity contribution in [2.24, 2.45) is 0 Å². The standard InChI is InChI=1S/C17H17F4N3O/c1-25-12-6-2-5-11(8-12)24-7-3-4-10(9-24)22-15-13(18)16(20)23-17(21)14(15)19/h2,5-6,8,10H,3-4,7,9H2,1H3,(H,22,23). The van der Waals surface area contributed by atoms with Crippen LogP contribution in [0.2, 0.25) is 0 Å². The largest absolute Gasteiger partial charge is 0.497 e. The highest BCUT2D eigenvalue weighted by molar-refractivity contribution is 5.52. The van der Waals surface area contributed by atoms with Gasteiger partial charge in [0.15, 0.2) is 0 Å². The molecule has 1 fully saturated rings. The van der Waals surface area contributed by atoms with E-state index in [0.29, 0.717) is 18.7 Å². The Bertz CT molecular complexity index is 746. The fourth-order valence-corrected chi connectivity index (χ4v) is 2.95. The molecule has 4 nitrogen and oxygen atoms in total. The van der Waals surface area contributed by atoms with Crippen LogP contribution in [0.3, 0.4) is 0 Å². The van der Waals surface area contributed by atoms with Gasteiger partial charge < -0.3 is 15.0 Å². The lowest BCUT2D eigenvalue weighted by molar-refractivity contribution is 0.407. The van der Waals surface area contributed by atoms with Gasteiger partial charge in [-0.3, -0.25) is 0 Å². The number of hydrogen-bond donors (Lipinski definition) is 1. The van der Waals surface area contributed by atoms with E-state index in [2.05, 4.69) is 10.3 Å². The topological polar surface area (TPSA) is 37.4 Å². The van der Waals surface area contributed by atoms with Gasteiger partial charge in [-0.2, -0.15) is 22.5 Å². The van der Waals surface area contributed by atoms with Gasteiger partial charge in [-0.1, -0.05) is 6.07 Å². The lowest BCUT2D eigenvalue weighted by Gasteiger charge is -2.35. The summed E-state index contributed by atoms with van der Waals surface area (Å²) in [6.45, 7) is 1.19. The summed E-state index contributed by atoms with van der Waals surface area (Å²) >= 11 is 0. The molecule has 0 radical (unpaired) electrons. The van der Waals surface area contributed by atoms with Crippen LogP contribution in [-0.4, -0.2) is 31.2 Å². The second kappa shape index (κ2) is 7.16. The Morgan fingerprint density at radius 2 is 1.88 bits per heavy atom. The summed E-state index contributed by atoms with van der Waals surface area (Å²) in [5.41, 5.74) is 0.0846. The van der Waals surface area contributed by atoms with Gasteiger partial charge in [-0.15, -0.1) is 0 Å². The molecule has 0 spiro atoms. The number of anilines is 2. The number of nitrogens with one attached hydrogen (secondary N) is 1. The van der Waals surface area contributed by atoms with E-state index >= 15 is 0 Å². The molecule has 1 saturated heterocycles. The first-order valence-electron chi connectivity index (χ1n) is 7.85. The Kier molecular flexibility index (Phi) is 4.96. The van der Waals surface area contributed by atoms with E-state index in [9.17, 15) is 17.6 Å². The molecule has 8 heteroatoms. The summed E-state index contributed by atoms with van der Waals surface area (Å²) < 4.78 is 59.2. The maximum Gasteiger partial charge on any atom is 0.253 e. The molecule has 1 atom stereocenters. The third kappa shape index (κ3) is 3.62. The fraction of sp³-hybridized carbons (Fsp3) is 0.353. The lowest BCUT2D eigenvalue weighted by atomic mass is 10.0. The third-order valence-corrected chi connectivity index (χ3v) is 4.19. The highest BCUT2D eigenvalue weighted by Gasteiger charge is 2.26. The zero-order valence-electron chi connectivity index (χ0n) is 13.5. The van der Waals surface area contributed by atoms with Crippen molar-refractivity contribution >= 4 is 11.4 Å². The van der Waals surface area contributed by atoms with Gasteiger partial charge in [0.2, 0.25) is 11.6 Å². The van der Waals surface area contributed by atoms with Crippen LogP contribution in [0.25, 0.3) is 0 Å². The number of piperidine rings is 1. The molecule has 1 aromatic heterocycles. The van der Waals surface area contributed by atoms with Crippen LogP contribution < -0.4 is 15.0 Å². The molecule has 0 saturated carbocycles. The minimum Gasteiger partial charge on any atom is -0.497 e. The van der Waals surface area contributed by atoms with Crippen molar-refractivity contribution in [3.8, 4) is 5.75 Å². The monoisotopic (exact) mass is 355 g/mol. The predicted octanol–water partition coefficient (Wildman–Crippen LogP) is 3.73. The van der Waals surface area contributed by atoms with Gasteiger partial charge in [-0.25, -0.2) is 0 Å². The van der Waals surface area contributed by atoms with E-state index < -0.39 is 29.2 Å². The number of benzene rings is 1. The van der Waals surface area contributed by atoms with E-state index in [4.69, 9.17) is 4.74 Å². The SMILES string of the molecule is COc1cccc(N2CCCC(Nc3c(F)c(F)nc(F)c3F)C2)c1. The summed E-state index contributed by atoms with van der Waals surface area (Å²) in [5, 5.41) is 2.58. The average molecular weight is 355 g/mol. The molecule has 1 unspecified atom stereocenters. The maximum absolute atomic E-state index is 13.8. The number of halogens is 4. The van der Waals surface area contributed by atoms with Crippen molar-refractivity contribution in [2.75, 3.05) is 30.4 Å². The van der Waals surface area contributed by atoms with Gasteiger partial charge in [0.25, 0.3) is 11.9 Å². The number of hydrogen-bond acceptors (Lipinski definition) is 4. The maximum atomic E-state index is 13.8. The van der Waals surface area contributed by atoms with E-state index in [0.717, 1.165) is 18.7 Å². The molecule has 0 aliphatic carbocycles. The van der Waals surface area contributed by atoms with Crippen molar-refractivity contribution in [3.05, 3.63) is 47.8 Å². The summed E-state index contributed by atoms with van der Waals surface area (Å²) in [6.07, 6.45) is 1.37. The Balaban J connectivity index is 1.78. The molecular formula is C17H17F4N3O. The number of pyridine rings is 1. The molecule has 1 aromatic carbocycles.